The molecule has 7 nitrogen and oxygen atoms in total. The Kier molecular flexibility index (Phi) is 5.24. The Labute approximate surface area is 146 Å². The second kappa shape index (κ2) is 6.86. The molecule has 9 heteroatoms. The second-order valence-corrected chi connectivity index (χ2v) is 6.73. The minimum atomic E-state index is -3.76. The molecule has 0 aliphatic carbocycles. The predicted octanol–water partition coefficient (Wildman–Crippen LogP) is 1.21. The third-order valence-corrected chi connectivity index (χ3v) is 4.36. The number of nitrogens with one attached hydrogen (secondary N) is 2. The van der Waals surface area contributed by atoms with Gasteiger partial charge < -0.3 is 4.98 Å². The third kappa shape index (κ3) is 3.90. The Morgan fingerprint density at radius 2 is 1.92 bits per heavy atom. The van der Waals surface area contributed by atoms with Gasteiger partial charge in [-0.15, -0.1) is 12.4 Å². The van der Waals surface area contributed by atoms with Crippen LogP contribution < -0.4 is 9.86 Å². The van der Waals surface area contributed by atoms with Crippen molar-refractivity contribution in [2.24, 2.45) is 10.1 Å². The van der Waals surface area contributed by atoms with Gasteiger partial charge in [-0.1, -0.05) is 24.3 Å². The first-order chi connectivity index (χ1) is 10.8. The van der Waals surface area contributed by atoms with Crippen LogP contribution >= 0.6 is 12.4 Å². The summed E-state index contributed by atoms with van der Waals surface area (Å²) in [6.45, 7) is 1.70. The van der Waals surface area contributed by atoms with Crippen molar-refractivity contribution < 1.29 is 13.2 Å². The Hall–Kier alpha value is -2.00. The highest BCUT2D eigenvalue weighted by Gasteiger charge is 2.21. The molecule has 3 rings (SSSR count). The van der Waals surface area contributed by atoms with E-state index in [-0.39, 0.29) is 24.7 Å². The summed E-state index contributed by atoms with van der Waals surface area (Å²) < 4.78 is 24.5. The smallest absolute Gasteiger partial charge is 0.274 e. The number of aromatic amines is 1. The molecule has 0 bridgehead atoms. The topological polar surface area (TPSA) is 117 Å². The van der Waals surface area contributed by atoms with E-state index in [2.05, 4.69) is 14.7 Å². The molecule has 0 saturated carbocycles. The van der Waals surface area contributed by atoms with E-state index in [1.807, 2.05) is 18.2 Å². The fraction of sp³-hybridized carbons (Fsp3) is 0.200. The van der Waals surface area contributed by atoms with Crippen LogP contribution in [-0.4, -0.2) is 25.0 Å². The second-order valence-electron chi connectivity index (χ2n) is 5.41. The van der Waals surface area contributed by atoms with Crippen LogP contribution in [0.15, 0.2) is 41.5 Å². The lowest BCUT2D eigenvalue weighted by Gasteiger charge is -2.15. The van der Waals surface area contributed by atoms with E-state index in [4.69, 9.17) is 5.14 Å². The maximum absolute atomic E-state index is 11.7. The average Bonchev–Trinajstić information content (AvgIpc) is 2.93. The van der Waals surface area contributed by atoms with Crippen molar-refractivity contribution in [3.05, 3.63) is 58.9 Å². The number of benzene rings is 1. The van der Waals surface area contributed by atoms with E-state index in [9.17, 15) is 13.2 Å². The highest BCUT2D eigenvalue weighted by atomic mass is 35.5. The van der Waals surface area contributed by atoms with Crippen molar-refractivity contribution in [3.63, 3.8) is 0 Å². The van der Waals surface area contributed by atoms with Crippen LogP contribution in [-0.2, 0) is 21.4 Å². The Morgan fingerprint density at radius 3 is 2.54 bits per heavy atom. The fourth-order valence-electron chi connectivity index (χ4n) is 2.61. The van der Waals surface area contributed by atoms with Crippen LogP contribution in [0.25, 0.3) is 0 Å². The third-order valence-electron chi connectivity index (χ3n) is 3.68. The number of nitrogens with two attached hydrogens (primary N) is 1. The van der Waals surface area contributed by atoms with Crippen LogP contribution in [0, 0.1) is 0 Å². The van der Waals surface area contributed by atoms with Crippen LogP contribution in [0.5, 0.6) is 0 Å². The number of amides is 1. The van der Waals surface area contributed by atoms with Gasteiger partial charge in [-0.05, 0) is 18.6 Å². The zero-order valence-electron chi connectivity index (χ0n) is 12.8. The van der Waals surface area contributed by atoms with Gasteiger partial charge in [0.1, 0.15) is 0 Å². The number of rotatable bonds is 4. The molecular formula is C15H17ClN4O3S. The highest BCUT2D eigenvalue weighted by Crippen LogP contribution is 2.21. The SMILES string of the molecule is C[C@@H](NS(N)(=O)=O)c1ccc(C2=NC(=O)Cc3[nH]ccc32)cc1.Cl. The lowest BCUT2D eigenvalue weighted by atomic mass is 9.97. The van der Waals surface area contributed by atoms with E-state index in [0.717, 1.165) is 22.4 Å². The predicted molar refractivity (Wildman–Crippen MR) is 93.5 cm³/mol. The van der Waals surface area contributed by atoms with Crippen molar-refractivity contribution in [2.75, 3.05) is 0 Å². The molecular weight excluding hydrogens is 352 g/mol. The number of H-pyrrole nitrogens is 1. The Balaban J connectivity index is 0.00000208. The molecule has 1 aromatic carbocycles. The lowest BCUT2D eigenvalue weighted by molar-refractivity contribution is -0.117. The maximum atomic E-state index is 11.7. The molecule has 1 atom stereocenters. The Bertz CT molecular complexity index is 888. The van der Waals surface area contributed by atoms with Gasteiger partial charge in [-0.3, -0.25) is 4.79 Å². The van der Waals surface area contributed by atoms with E-state index in [1.54, 1.807) is 25.3 Å². The molecule has 4 N–H and O–H groups in total. The number of nitrogens with zero attached hydrogens (tertiary/aromatic N) is 1. The molecule has 0 saturated heterocycles. The molecule has 1 aliphatic rings. The van der Waals surface area contributed by atoms with Gasteiger partial charge in [0.05, 0.1) is 12.1 Å². The summed E-state index contributed by atoms with van der Waals surface area (Å²) in [5, 5.41) is 4.98. The number of carbonyl (C=O) groups excluding carboxylic acids is 1. The fourth-order valence-corrected chi connectivity index (χ4v) is 3.24. The first kappa shape index (κ1) is 18.3. The quantitative estimate of drug-likeness (QED) is 0.752. The normalized spacial score (nSPS) is 15.2. The number of aromatic nitrogens is 1. The van der Waals surface area contributed by atoms with Crippen molar-refractivity contribution in [1.29, 1.82) is 0 Å². The van der Waals surface area contributed by atoms with Crippen molar-refractivity contribution in [1.82, 2.24) is 9.71 Å². The largest absolute Gasteiger partial charge is 0.364 e. The molecule has 1 aromatic heterocycles. The number of fused-ring (bicyclic) bond motifs is 1. The Morgan fingerprint density at radius 1 is 1.25 bits per heavy atom. The van der Waals surface area contributed by atoms with Gasteiger partial charge >= 0.3 is 0 Å². The molecule has 0 fully saturated rings. The van der Waals surface area contributed by atoms with Crippen LogP contribution in [0.3, 0.4) is 0 Å². The summed E-state index contributed by atoms with van der Waals surface area (Å²) in [4.78, 5) is 18.9. The summed E-state index contributed by atoms with van der Waals surface area (Å²) >= 11 is 0. The first-order valence-corrected chi connectivity index (χ1v) is 8.56. The van der Waals surface area contributed by atoms with Crippen LogP contribution in [0.2, 0.25) is 0 Å². The van der Waals surface area contributed by atoms with Gasteiger partial charge in [-0.2, -0.15) is 13.1 Å². The van der Waals surface area contributed by atoms with Gasteiger partial charge in [-0.25, -0.2) is 10.1 Å². The molecule has 1 aliphatic heterocycles. The minimum absolute atomic E-state index is 0. The monoisotopic (exact) mass is 368 g/mol. The average molecular weight is 369 g/mol. The zero-order valence-corrected chi connectivity index (χ0v) is 14.4. The van der Waals surface area contributed by atoms with Crippen LogP contribution in [0.4, 0.5) is 0 Å². The molecule has 0 radical (unpaired) electrons. The van der Waals surface area contributed by atoms with Crippen molar-refractivity contribution in [3.8, 4) is 0 Å². The standard InChI is InChI=1S/C15H16N4O3S.ClH/c1-9(19-23(16,21)22)10-2-4-11(5-3-10)15-12-6-7-17-13(12)8-14(20)18-15;/h2-7,9,17,19H,8H2,1H3,(H2,16,21,22);1H/t9-;/m1./s1. The van der Waals surface area contributed by atoms with Gasteiger partial charge in [0.15, 0.2) is 0 Å². The first-order valence-electron chi connectivity index (χ1n) is 7.02. The molecule has 1 amide bonds. The lowest BCUT2D eigenvalue weighted by Crippen LogP contribution is -2.32. The molecule has 128 valence electrons. The molecule has 24 heavy (non-hydrogen) atoms. The number of carbonyl (C=O) groups is 1. The highest BCUT2D eigenvalue weighted by molar-refractivity contribution is 7.87. The summed E-state index contributed by atoms with van der Waals surface area (Å²) in [5.74, 6) is -0.191. The zero-order chi connectivity index (χ0) is 16.6. The van der Waals surface area contributed by atoms with E-state index >= 15 is 0 Å². The summed E-state index contributed by atoms with van der Waals surface area (Å²) in [5.41, 5.74) is 3.95. The number of hydrogen-bond donors (Lipinski definition) is 3. The van der Waals surface area contributed by atoms with Gasteiger partial charge in [0, 0.05) is 29.1 Å². The number of aliphatic imine (C=N–C) groups is 1. The van der Waals surface area contributed by atoms with E-state index < -0.39 is 16.3 Å². The molecule has 2 heterocycles. The number of hydrogen-bond acceptors (Lipinski definition) is 3. The van der Waals surface area contributed by atoms with Crippen molar-refractivity contribution >= 4 is 34.2 Å². The summed E-state index contributed by atoms with van der Waals surface area (Å²) in [6.07, 6.45) is 2.06. The maximum Gasteiger partial charge on any atom is 0.274 e. The molecule has 0 spiro atoms. The van der Waals surface area contributed by atoms with Gasteiger partial charge in [0.2, 0.25) is 0 Å². The van der Waals surface area contributed by atoms with E-state index in [0.29, 0.717) is 5.71 Å². The van der Waals surface area contributed by atoms with Gasteiger partial charge in [0.25, 0.3) is 16.1 Å². The molecule has 0 unspecified atom stereocenters. The summed E-state index contributed by atoms with van der Waals surface area (Å²) in [6, 6.07) is 8.63. The molecule has 2 aromatic rings. The van der Waals surface area contributed by atoms with Crippen LogP contribution in [0.1, 0.15) is 35.3 Å². The number of halogens is 1. The van der Waals surface area contributed by atoms with Crippen molar-refractivity contribution in [2.45, 2.75) is 19.4 Å². The summed E-state index contributed by atoms with van der Waals surface area (Å²) in [7, 11) is -3.76. The minimum Gasteiger partial charge on any atom is -0.364 e. The van der Waals surface area contributed by atoms with E-state index in [1.165, 1.54) is 0 Å².